The van der Waals surface area contributed by atoms with Gasteiger partial charge in [-0.05, 0) is 0 Å². The molecule has 0 heterocycles. The fraction of sp³-hybridized carbons (Fsp3) is 0.800. The predicted molar refractivity (Wildman–Crippen MR) is 27.5 cm³/mol. The van der Waals surface area contributed by atoms with Crippen molar-refractivity contribution in [2.24, 2.45) is 0 Å². The van der Waals surface area contributed by atoms with Gasteiger partial charge in [-0.15, -0.1) is 0 Å². The van der Waals surface area contributed by atoms with Crippen LogP contribution in [0.1, 0.15) is 6.42 Å². The summed E-state index contributed by atoms with van der Waals surface area (Å²) in [6.45, 7) is 0. The molecule has 0 saturated heterocycles. The van der Waals surface area contributed by atoms with Gasteiger partial charge in [0.05, 0.1) is 0 Å². The van der Waals surface area contributed by atoms with Crippen LogP contribution in [0.5, 0.6) is 0 Å². The van der Waals surface area contributed by atoms with Crippen molar-refractivity contribution in [1.82, 2.24) is 5.32 Å². The van der Waals surface area contributed by atoms with E-state index in [4.69, 9.17) is 0 Å². The fourth-order valence-corrected chi connectivity index (χ4v) is 0.890. The maximum absolute atomic E-state index is 12.2. The molecule has 1 aliphatic rings. The number of nitrogens with one attached hydrogen (secondary N) is 1. The van der Waals surface area contributed by atoms with Crippen molar-refractivity contribution in [1.29, 1.82) is 0 Å². The Labute approximate surface area is 59.6 Å². The van der Waals surface area contributed by atoms with E-state index in [-0.39, 0.29) is 6.41 Å². The summed E-state index contributed by atoms with van der Waals surface area (Å²) in [4.78, 5) is 9.62. The van der Waals surface area contributed by atoms with Crippen LogP contribution < -0.4 is 5.32 Å². The van der Waals surface area contributed by atoms with Gasteiger partial charge in [0.15, 0.2) is 0 Å². The molecule has 0 aromatic rings. The zero-order chi connectivity index (χ0) is 8.70. The Morgan fingerprint density at radius 3 is 2.18 bits per heavy atom. The summed E-state index contributed by atoms with van der Waals surface area (Å²) >= 11 is 0. The normalized spacial score (nSPS) is 32.2. The zero-order valence-electron chi connectivity index (χ0n) is 5.28. The molecule has 1 N–H and O–H groups in total. The van der Waals surface area contributed by atoms with Gasteiger partial charge in [0.2, 0.25) is 6.41 Å². The number of hydrogen-bond donors (Lipinski definition) is 1. The molecule has 6 heteroatoms. The van der Waals surface area contributed by atoms with Crippen LogP contribution >= 0.6 is 0 Å². The quantitative estimate of drug-likeness (QED) is 0.482. The maximum atomic E-state index is 12.2. The standard InChI is InChI=1S/C5H5F4NO/c6-4(7)1-3(10-2-11)5(4,8)9/h2-3H,1H2,(H,10,11). The topological polar surface area (TPSA) is 29.1 Å². The smallest absolute Gasteiger partial charge is 0.330 e. The van der Waals surface area contributed by atoms with Gasteiger partial charge in [-0.1, -0.05) is 0 Å². The van der Waals surface area contributed by atoms with Crippen molar-refractivity contribution in [2.45, 2.75) is 24.3 Å². The number of carbonyl (C=O) groups excluding carboxylic acids is 1. The van der Waals surface area contributed by atoms with E-state index in [9.17, 15) is 22.4 Å². The van der Waals surface area contributed by atoms with Crippen molar-refractivity contribution >= 4 is 6.41 Å². The second-order valence-corrected chi connectivity index (χ2v) is 2.37. The third-order valence-corrected chi connectivity index (χ3v) is 1.66. The molecule has 1 rings (SSSR count). The predicted octanol–water partition coefficient (Wildman–Crippen LogP) is 0.775. The number of hydrogen-bond acceptors (Lipinski definition) is 1. The molecule has 1 fully saturated rings. The molecule has 1 aliphatic carbocycles. The largest absolute Gasteiger partial charge is 0.349 e. The zero-order valence-corrected chi connectivity index (χ0v) is 5.28. The first-order valence-corrected chi connectivity index (χ1v) is 2.87. The molecule has 11 heavy (non-hydrogen) atoms. The van der Waals surface area contributed by atoms with Gasteiger partial charge in [-0.3, -0.25) is 4.79 Å². The molecule has 1 amide bonds. The fourth-order valence-electron chi connectivity index (χ4n) is 0.890. The highest BCUT2D eigenvalue weighted by atomic mass is 19.3. The molecular formula is C5H5F4NO. The molecule has 0 radical (unpaired) electrons. The summed E-state index contributed by atoms with van der Waals surface area (Å²) in [7, 11) is 0. The van der Waals surface area contributed by atoms with E-state index in [1.165, 1.54) is 0 Å². The Morgan fingerprint density at radius 2 is 1.91 bits per heavy atom. The number of halogens is 4. The lowest BCUT2D eigenvalue weighted by Gasteiger charge is -2.43. The van der Waals surface area contributed by atoms with Crippen molar-refractivity contribution in [3.05, 3.63) is 0 Å². The van der Waals surface area contributed by atoms with Crippen LogP contribution in [0.15, 0.2) is 0 Å². The summed E-state index contributed by atoms with van der Waals surface area (Å²) < 4.78 is 48.4. The van der Waals surface area contributed by atoms with Gasteiger partial charge in [-0.2, -0.15) is 17.6 Å². The Kier molecular flexibility index (Phi) is 1.57. The summed E-state index contributed by atoms with van der Waals surface area (Å²) in [5.74, 6) is -8.05. The minimum Gasteiger partial charge on any atom is -0.349 e. The maximum Gasteiger partial charge on any atom is 0.330 e. The first-order valence-electron chi connectivity index (χ1n) is 2.87. The minimum atomic E-state index is -4.09. The Hall–Kier alpha value is -0.810. The van der Waals surface area contributed by atoms with Crippen LogP contribution in [0.4, 0.5) is 17.6 Å². The first-order chi connectivity index (χ1) is 4.92. The molecule has 1 saturated carbocycles. The van der Waals surface area contributed by atoms with Crippen LogP contribution in [0.25, 0.3) is 0 Å². The second kappa shape index (κ2) is 2.09. The average Bonchev–Trinajstić information content (AvgIpc) is 1.87. The first kappa shape index (κ1) is 8.29. The Morgan fingerprint density at radius 1 is 1.36 bits per heavy atom. The number of carbonyl (C=O) groups is 1. The third kappa shape index (κ3) is 0.965. The molecular weight excluding hydrogens is 166 g/mol. The van der Waals surface area contributed by atoms with Gasteiger partial charge < -0.3 is 5.32 Å². The van der Waals surface area contributed by atoms with E-state index in [1.807, 2.05) is 0 Å². The monoisotopic (exact) mass is 171 g/mol. The van der Waals surface area contributed by atoms with Crippen LogP contribution in [0, 0.1) is 0 Å². The summed E-state index contributed by atoms with van der Waals surface area (Å²) in [6.07, 6.45) is -0.993. The number of alkyl halides is 4. The van der Waals surface area contributed by atoms with Gasteiger partial charge in [0.25, 0.3) is 0 Å². The van der Waals surface area contributed by atoms with Crippen molar-refractivity contribution in [3.8, 4) is 0 Å². The Bertz CT molecular complexity index is 181. The Balaban J connectivity index is 2.61. The minimum absolute atomic E-state index is 0.00613. The molecule has 0 aromatic heterocycles. The van der Waals surface area contributed by atoms with E-state index in [0.717, 1.165) is 0 Å². The van der Waals surface area contributed by atoms with E-state index >= 15 is 0 Å². The third-order valence-electron chi connectivity index (χ3n) is 1.66. The van der Waals surface area contributed by atoms with E-state index in [2.05, 4.69) is 0 Å². The lowest BCUT2D eigenvalue weighted by Crippen LogP contribution is -2.67. The van der Waals surface area contributed by atoms with E-state index < -0.39 is 24.3 Å². The van der Waals surface area contributed by atoms with E-state index in [0.29, 0.717) is 0 Å². The van der Waals surface area contributed by atoms with Gasteiger partial charge in [0, 0.05) is 6.42 Å². The van der Waals surface area contributed by atoms with Crippen molar-refractivity contribution in [2.75, 3.05) is 0 Å². The van der Waals surface area contributed by atoms with Crippen LogP contribution in [0.3, 0.4) is 0 Å². The molecule has 0 aliphatic heterocycles. The number of amides is 1. The molecule has 0 bridgehead atoms. The molecule has 1 atom stereocenters. The molecule has 1 unspecified atom stereocenters. The van der Waals surface area contributed by atoms with Gasteiger partial charge in [0.1, 0.15) is 6.04 Å². The highest BCUT2D eigenvalue weighted by Gasteiger charge is 2.71. The summed E-state index contributed by atoms with van der Waals surface area (Å²) in [5.41, 5.74) is 0. The highest BCUT2D eigenvalue weighted by Crippen LogP contribution is 2.50. The lowest BCUT2D eigenvalue weighted by atomic mass is 9.83. The summed E-state index contributed by atoms with van der Waals surface area (Å²) in [5, 5.41) is 1.62. The van der Waals surface area contributed by atoms with Crippen LogP contribution in [-0.4, -0.2) is 24.3 Å². The highest BCUT2D eigenvalue weighted by molar-refractivity contribution is 5.48. The second-order valence-electron chi connectivity index (χ2n) is 2.37. The van der Waals surface area contributed by atoms with Gasteiger partial charge in [-0.25, -0.2) is 0 Å². The molecule has 64 valence electrons. The molecule has 0 aromatic carbocycles. The van der Waals surface area contributed by atoms with Crippen molar-refractivity contribution < 1.29 is 22.4 Å². The summed E-state index contributed by atoms with van der Waals surface area (Å²) in [6, 6.07) is -1.71. The average molecular weight is 171 g/mol. The molecule has 2 nitrogen and oxygen atoms in total. The van der Waals surface area contributed by atoms with Gasteiger partial charge >= 0.3 is 11.8 Å². The van der Waals surface area contributed by atoms with E-state index in [1.54, 1.807) is 5.32 Å². The SMILES string of the molecule is O=CNC1CC(F)(F)C1(F)F. The number of rotatable bonds is 2. The van der Waals surface area contributed by atoms with Crippen LogP contribution in [-0.2, 0) is 4.79 Å². The lowest BCUT2D eigenvalue weighted by molar-refractivity contribution is -0.292. The molecule has 0 spiro atoms. The van der Waals surface area contributed by atoms with Crippen molar-refractivity contribution in [3.63, 3.8) is 0 Å². The van der Waals surface area contributed by atoms with Crippen LogP contribution in [0.2, 0.25) is 0 Å².